The van der Waals surface area contributed by atoms with Crippen molar-refractivity contribution in [2.24, 2.45) is 0 Å². The standard InChI is InChI=1S/C13H10Cl2N4/c1-8-7-10-16-12(11(14)15)17-13(19(10)18-8)9-5-3-2-4-6-9/h2-7,11H,1H3. The summed E-state index contributed by atoms with van der Waals surface area (Å²) in [5.41, 5.74) is 2.49. The molecule has 0 amide bonds. The van der Waals surface area contributed by atoms with E-state index in [9.17, 15) is 0 Å². The zero-order valence-corrected chi connectivity index (χ0v) is 11.6. The van der Waals surface area contributed by atoms with Crippen molar-refractivity contribution in [3.05, 3.63) is 47.9 Å². The molecule has 0 unspecified atom stereocenters. The van der Waals surface area contributed by atoms with Crippen LogP contribution in [0.15, 0.2) is 36.4 Å². The molecule has 0 atom stereocenters. The maximum atomic E-state index is 5.88. The lowest BCUT2D eigenvalue weighted by atomic mass is 10.2. The first-order valence-corrected chi connectivity index (χ1v) is 6.60. The second-order valence-electron chi connectivity index (χ2n) is 4.13. The molecule has 0 fully saturated rings. The zero-order chi connectivity index (χ0) is 13.4. The molecule has 1 aromatic carbocycles. The maximum Gasteiger partial charge on any atom is 0.167 e. The summed E-state index contributed by atoms with van der Waals surface area (Å²) in [5.74, 6) is 1.06. The summed E-state index contributed by atoms with van der Waals surface area (Å²) in [6.45, 7) is 1.90. The molecule has 0 aliphatic heterocycles. The number of hydrogen-bond acceptors (Lipinski definition) is 3. The Morgan fingerprint density at radius 3 is 2.53 bits per heavy atom. The van der Waals surface area contributed by atoms with Crippen LogP contribution in [-0.4, -0.2) is 19.6 Å². The highest BCUT2D eigenvalue weighted by molar-refractivity contribution is 6.43. The third kappa shape index (κ3) is 2.29. The fourth-order valence-electron chi connectivity index (χ4n) is 1.89. The van der Waals surface area contributed by atoms with Crippen molar-refractivity contribution in [2.45, 2.75) is 11.8 Å². The summed E-state index contributed by atoms with van der Waals surface area (Å²) in [4.78, 5) is 7.96. The molecule has 96 valence electrons. The van der Waals surface area contributed by atoms with E-state index in [0.29, 0.717) is 17.3 Å². The van der Waals surface area contributed by atoms with Crippen LogP contribution < -0.4 is 0 Å². The van der Waals surface area contributed by atoms with E-state index >= 15 is 0 Å². The second-order valence-corrected chi connectivity index (χ2v) is 5.22. The zero-order valence-electron chi connectivity index (χ0n) is 10.1. The first-order valence-electron chi connectivity index (χ1n) is 5.73. The fourth-order valence-corrected chi connectivity index (χ4v) is 2.09. The predicted molar refractivity (Wildman–Crippen MR) is 75.4 cm³/mol. The largest absolute Gasteiger partial charge is 0.211 e. The quantitative estimate of drug-likeness (QED) is 0.678. The van der Waals surface area contributed by atoms with Gasteiger partial charge in [-0.15, -0.1) is 0 Å². The van der Waals surface area contributed by atoms with Crippen LogP contribution in [0.3, 0.4) is 0 Å². The SMILES string of the molecule is Cc1cc2nc(C(Cl)Cl)nc(-c3ccccc3)n2n1. The molecule has 2 heterocycles. The van der Waals surface area contributed by atoms with Crippen molar-refractivity contribution in [1.82, 2.24) is 19.6 Å². The highest BCUT2D eigenvalue weighted by Gasteiger charge is 2.15. The van der Waals surface area contributed by atoms with E-state index in [4.69, 9.17) is 23.2 Å². The van der Waals surface area contributed by atoms with Gasteiger partial charge in [0.15, 0.2) is 22.1 Å². The Morgan fingerprint density at radius 1 is 1.11 bits per heavy atom. The van der Waals surface area contributed by atoms with E-state index in [1.807, 2.05) is 43.3 Å². The molecule has 0 aliphatic rings. The summed E-state index contributed by atoms with van der Waals surface area (Å²) in [5, 5.41) is 4.40. The van der Waals surface area contributed by atoms with Gasteiger partial charge in [0, 0.05) is 11.6 Å². The first-order chi connectivity index (χ1) is 9.15. The summed E-state index contributed by atoms with van der Waals surface area (Å²) in [6, 6.07) is 11.6. The lowest BCUT2D eigenvalue weighted by Crippen LogP contribution is -2.04. The number of nitrogens with zero attached hydrogens (tertiary/aromatic N) is 4. The van der Waals surface area contributed by atoms with Gasteiger partial charge in [0.2, 0.25) is 0 Å². The molecular weight excluding hydrogens is 283 g/mol. The van der Waals surface area contributed by atoms with Gasteiger partial charge in [0.1, 0.15) is 0 Å². The topological polar surface area (TPSA) is 43.1 Å². The molecule has 4 nitrogen and oxygen atoms in total. The number of halogens is 2. The number of aryl methyl sites for hydroxylation is 1. The molecule has 6 heteroatoms. The summed E-state index contributed by atoms with van der Waals surface area (Å²) in [6.07, 6.45) is 0. The Labute approximate surface area is 120 Å². The smallest absolute Gasteiger partial charge is 0.167 e. The molecule has 0 aliphatic carbocycles. The lowest BCUT2D eigenvalue weighted by Gasteiger charge is -2.07. The van der Waals surface area contributed by atoms with Crippen LogP contribution in [0.2, 0.25) is 0 Å². The van der Waals surface area contributed by atoms with Crippen LogP contribution in [0, 0.1) is 6.92 Å². The Kier molecular flexibility index (Phi) is 3.12. The molecule has 2 aromatic heterocycles. The minimum Gasteiger partial charge on any atom is -0.211 e. The molecule has 0 spiro atoms. The number of alkyl halides is 2. The Hall–Kier alpha value is -1.65. The van der Waals surface area contributed by atoms with Crippen LogP contribution >= 0.6 is 23.2 Å². The van der Waals surface area contributed by atoms with Crippen LogP contribution in [0.5, 0.6) is 0 Å². The van der Waals surface area contributed by atoms with Crippen LogP contribution in [-0.2, 0) is 0 Å². The summed E-state index contributed by atoms with van der Waals surface area (Å²) < 4.78 is 1.70. The van der Waals surface area contributed by atoms with E-state index in [-0.39, 0.29) is 0 Å². The monoisotopic (exact) mass is 292 g/mol. The minimum atomic E-state index is -0.761. The van der Waals surface area contributed by atoms with Crippen molar-refractivity contribution in [2.75, 3.05) is 0 Å². The van der Waals surface area contributed by atoms with Gasteiger partial charge in [-0.05, 0) is 6.92 Å². The number of rotatable bonds is 2. The van der Waals surface area contributed by atoms with Crippen molar-refractivity contribution < 1.29 is 0 Å². The second kappa shape index (κ2) is 4.79. The molecule has 3 aromatic rings. The molecule has 3 rings (SSSR count). The summed E-state index contributed by atoms with van der Waals surface area (Å²) in [7, 11) is 0. The third-order valence-corrected chi connectivity index (χ3v) is 3.08. The van der Waals surface area contributed by atoms with Crippen LogP contribution in [0.25, 0.3) is 17.0 Å². The average molecular weight is 293 g/mol. The van der Waals surface area contributed by atoms with E-state index in [0.717, 1.165) is 11.3 Å². The Morgan fingerprint density at radius 2 is 1.84 bits per heavy atom. The summed E-state index contributed by atoms with van der Waals surface area (Å²) >= 11 is 11.8. The van der Waals surface area contributed by atoms with E-state index in [1.165, 1.54) is 0 Å². The highest BCUT2D eigenvalue weighted by atomic mass is 35.5. The van der Waals surface area contributed by atoms with Crippen molar-refractivity contribution in [3.63, 3.8) is 0 Å². The van der Waals surface area contributed by atoms with Crippen LogP contribution in [0.4, 0.5) is 0 Å². The molecular formula is C13H10Cl2N4. The number of aromatic nitrogens is 4. The van der Waals surface area contributed by atoms with Gasteiger partial charge in [-0.2, -0.15) is 9.61 Å². The van der Waals surface area contributed by atoms with Crippen molar-refractivity contribution in [3.8, 4) is 11.4 Å². The van der Waals surface area contributed by atoms with Gasteiger partial charge in [-0.3, -0.25) is 0 Å². The molecule has 0 saturated carbocycles. The van der Waals surface area contributed by atoms with Gasteiger partial charge < -0.3 is 0 Å². The van der Waals surface area contributed by atoms with Gasteiger partial charge in [-0.1, -0.05) is 53.5 Å². The van der Waals surface area contributed by atoms with Gasteiger partial charge in [-0.25, -0.2) is 9.97 Å². The molecule has 0 saturated heterocycles. The van der Waals surface area contributed by atoms with Gasteiger partial charge in [0.25, 0.3) is 0 Å². The van der Waals surface area contributed by atoms with E-state index in [2.05, 4.69) is 15.1 Å². The average Bonchev–Trinajstić information content (AvgIpc) is 2.78. The number of hydrogen-bond donors (Lipinski definition) is 0. The van der Waals surface area contributed by atoms with E-state index in [1.54, 1.807) is 4.52 Å². The molecule has 19 heavy (non-hydrogen) atoms. The molecule has 0 radical (unpaired) electrons. The maximum absolute atomic E-state index is 5.88. The Bertz CT molecular complexity index is 722. The lowest BCUT2D eigenvalue weighted by molar-refractivity contribution is 0.860. The van der Waals surface area contributed by atoms with Gasteiger partial charge >= 0.3 is 0 Å². The number of benzene rings is 1. The Balaban J connectivity index is 2.32. The van der Waals surface area contributed by atoms with Gasteiger partial charge in [0.05, 0.1) is 5.69 Å². The normalized spacial score (nSPS) is 11.4. The van der Waals surface area contributed by atoms with Crippen LogP contribution in [0.1, 0.15) is 16.4 Å². The van der Waals surface area contributed by atoms with Crippen molar-refractivity contribution >= 4 is 28.8 Å². The minimum absolute atomic E-state index is 0.384. The first kappa shape index (κ1) is 12.4. The van der Waals surface area contributed by atoms with E-state index < -0.39 is 4.84 Å². The highest BCUT2D eigenvalue weighted by Crippen LogP contribution is 2.25. The third-order valence-electron chi connectivity index (χ3n) is 2.69. The predicted octanol–water partition coefficient (Wildman–Crippen LogP) is 3.58. The molecule has 0 N–H and O–H groups in total. The molecule has 0 bridgehead atoms. The fraction of sp³-hybridized carbons (Fsp3) is 0.154. The number of fused-ring (bicyclic) bond motifs is 1. The van der Waals surface area contributed by atoms with Crippen molar-refractivity contribution in [1.29, 1.82) is 0 Å².